The minimum absolute atomic E-state index is 0.0700. The van der Waals surface area contributed by atoms with E-state index in [1.54, 1.807) is 19.2 Å². The first kappa shape index (κ1) is 41.9. The third-order valence-corrected chi connectivity index (χ3v) is 10.7. The molecule has 12 heteroatoms. The standard InChI is InChI=1S/C43H62N6O6/c1-4-5-20-48(23-19-45-17-12-37-9-10-38(51)41(44-3)42(37)54-29-25-50)40(52)14-27-53-26-13-35-7-6-8-36(31-35)32-47-21-15-43(16-22-47)33-49(24-28-55-43)39-30-34(2)11-18-46-39/h6-11,18,25,30-31,44-45,51H,4-5,12-17,19-24,26-29,32-33H2,1-3H3. The Morgan fingerprint density at radius 3 is 2.67 bits per heavy atom. The molecule has 2 aliphatic heterocycles. The Hall–Kier alpha value is -4.23. The molecule has 1 amide bonds. The highest BCUT2D eigenvalue weighted by atomic mass is 16.5. The number of nitrogens with zero attached hydrogens (tertiary/aromatic N) is 4. The van der Waals surface area contributed by atoms with Crippen LogP contribution in [0.25, 0.3) is 0 Å². The first-order chi connectivity index (χ1) is 26.8. The highest BCUT2D eigenvalue weighted by molar-refractivity contribution is 5.76. The van der Waals surface area contributed by atoms with Crippen LogP contribution in [0.5, 0.6) is 11.5 Å². The van der Waals surface area contributed by atoms with Gasteiger partial charge < -0.3 is 39.8 Å². The van der Waals surface area contributed by atoms with Crippen molar-refractivity contribution >= 4 is 23.7 Å². The SMILES string of the molecule is CCCCN(CCNCCc1ccc(O)c(NC)c1OCC=O)C(=O)CCOCCc1cccc(CN2CCC3(CC2)CN(c2cc(C)ccn2)CCO3)c1. The van der Waals surface area contributed by atoms with Gasteiger partial charge in [0.15, 0.2) is 6.29 Å². The van der Waals surface area contributed by atoms with Crippen LogP contribution in [0.3, 0.4) is 0 Å². The Kier molecular flexibility index (Phi) is 16.6. The zero-order valence-corrected chi connectivity index (χ0v) is 33.2. The number of aromatic hydroxyl groups is 1. The van der Waals surface area contributed by atoms with Crippen LogP contribution >= 0.6 is 0 Å². The molecule has 12 nitrogen and oxygen atoms in total. The van der Waals surface area contributed by atoms with Gasteiger partial charge in [-0.15, -0.1) is 0 Å². The van der Waals surface area contributed by atoms with Gasteiger partial charge in [-0.05, 0) is 86.0 Å². The number of phenols is 1. The van der Waals surface area contributed by atoms with Crippen LogP contribution in [0.2, 0.25) is 0 Å². The van der Waals surface area contributed by atoms with Gasteiger partial charge in [-0.1, -0.05) is 43.7 Å². The minimum atomic E-state index is -0.0997. The Morgan fingerprint density at radius 2 is 1.89 bits per heavy atom. The second-order valence-corrected chi connectivity index (χ2v) is 14.8. The molecular formula is C43H62N6O6. The summed E-state index contributed by atoms with van der Waals surface area (Å²) in [4.78, 5) is 35.6. The van der Waals surface area contributed by atoms with E-state index in [1.807, 2.05) is 17.2 Å². The van der Waals surface area contributed by atoms with Crippen LogP contribution in [0.1, 0.15) is 61.3 Å². The van der Waals surface area contributed by atoms with Crippen molar-refractivity contribution in [3.8, 4) is 11.5 Å². The largest absolute Gasteiger partial charge is 0.506 e. The Balaban J connectivity index is 0.989. The van der Waals surface area contributed by atoms with Gasteiger partial charge in [-0.25, -0.2) is 4.98 Å². The summed E-state index contributed by atoms with van der Waals surface area (Å²) in [6.07, 6.45) is 8.42. The molecule has 5 rings (SSSR count). The number of hydrogen-bond donors (Lipinski definition) is 3. The number of likely N-dealkylation sites (tertiary alicyclic amines) is 1. The molecule has 2 fully saturated rings. The number of aldehydes is 1. The zero-order valence-electron chi connectivity index (χ0n) is 33.2. The summed E-state index contributed by atoms with van der Waals surface area (Å²) in [7, 11) is 1.70. The molecule has 3 N–H and O–H groups in total. The van der Waals surface area contributed by atoms with E-state index in [-0.39, 0.29) is 23.9 Å². The number of phenolic OH excluding ortho intramolecular Hbond substituents is 1. The second kappa shape index (κ2) is 21.8. The summed E-state index contributed by atoms with van der Waals surface area (Å²) < 4.78 is 18.0. The van der Waals surface area contributed by atoms with Gasteiger partial charge in [0.1, 0.15) is 29.6 Å². The van der Waals surface area contributed by atoms with Crippen LogP contribution in [-0.2, 0) is 38.4 Å². The molecule has 0 aliphatic carbocycles. The van der Waals surface area contributed by atoms with Crippen LogP contribution in [0, 0.1) is 6.92 Å². The van der Waals surface area contributed by atoms with E-state index in [2.05, 4.69) is 69.6 Å². The van der Waals surface area contributed by atoms with Gasteiger partial charge in [0, 0.05) is 65.6 Å². The molecule has 2 aromatic carbocycles. The van der Waals surface area contributed by atoms with Crippen LogP contribution in [-0.4, -0.2) is 124 Å². The number of piperidine rings is 1. The number of carbonyl (C=O) groups excluding carboxylic acids is 2. The average Bonchev–Trinajstić information content (AvgIpc) is 3.19. The Labute approximate surface area is 327 Å². The number of anilines is 2. The maximum absolute atomic E-state index is 13.2. The fourth-order valence-corrected chi connectivity index (χ4v) is 7.51. The van der Waals surface area contributed by atoms with Crippen molar-refractivity contribution in [2.45, 2.75) is 70.9 Å². The quantitative estimate of drug-likeness (QED) is 0.0728. The lowest BCUT2D eigenvalue weighted by Gasteiger charge is -2.47. The van der Waals surface area contributed by atoms with E-state index < -0.39 is 0 Å². The van der Waals surface area contributed by atoms with Crippen molar-refractivity contribution in [1.82, 2.24) is 20.1 Å². The van der Waals surface area contributed by atoms with Crippen LogP contribution in [0.15, 0.2) is 54.7 Å². The topological polar surface area (TPSA) is 129 Å². The van der Waals surface area contributed by atoms with Crippen LogP contribution < -0.4 is 20.3 Å². The number of aryl methyl sites for hydroxylation is 1. The molecule has 2 aliphatic rings. The smallest absolute Gasteiger partial charge is 0.224 e. The van der Waals surface area contributed by atoms with E-state index in [1.165, 1.54) is 16.7 Å². The summed E-state index contributed by atoms with van der Waals surface area (Å²) in [6.45, 7) is 13.3. The fourth-order valence-electron chi connectivity index (χ4n) is 7.51. The maximum atomic E-state index is 13.2. The highest BCUT2D eigenvalue weighted by Gasteiger charge is 2.40. The van der Waals surface area contributed by atoms with Crippen molar-refractivity contribution in [2.24, 2.45) is 0 Å². The first-order valence-electron chi connectivity index (χ1n) is 20.1. The number of carbonyl (C=O) groups is 2. The summed E-state index contributed by atoms with van der Waals surface area (Å²) in [5.74, 6) is 1.72. The summed E-state index contributed by atoms with van der Waals surface area (Å²) in [5, 5.41) is 16.6. The van der Waals surface area contributed by atoms with E-state index in [9.17, 15) is 14.7 Å². The van der Waals surface area contributed by atoms with Gasteiger partial charge in [0.05, 0.1) is 31.8 Å². The third kappa shape index (κ3) is 12.6. The molecule has 0 radical (unpaired) electrons. The number of rotatable bonds is 22. The number of hydrogen-bond acceptors (Lipinski definition) is 11. The van der Waals surface area contributed by atoms with Crippen molar-refractivity contribution in [1.29, 1.82) is 0 Å². The predicted molar refractivity (Wildman–Crippen MR) is 217 cm³/mol. The van der Waals surface area contributed by atoms with Crippen molar-refractivity contribution in [2.75, 3.05) is 96.0 Å². The van der Waals surface area contributed by atoms with E-state index in [0.717, 1.165) is 89.4 Å². The minimum Gasteiger partial charge on any atom is -0.506 e. The lowest BCUT2D eigenvalue weighted by atomic mass is 9.89. The number of unbranched alkanes of at least 4 members (excludes halogenated alkanes) is 1. The van der Waals surface area contributed by atoms with Gasteiger partial charge in [-0.2, -0.15) is 0 Å². The molecule has 300 valence electrons. The van der Waals surface area contributed by atoms with Crippen LogP contribution in [0.4, 0.5) is 11.5 Å². The van der Waals surface area contributed by atoms with Gasteiger partial charge in [0.2, 0.25) is 5.91 Å². The molecule has 1 aromatic heterocycles. The normalized spacial score (nSPS) is 15.6. The van der Waals surface area contributed by atoms with Crippen molar-refractivity contribution in [3.05, 3.63) is 77.0 Å². The average molecular weight is 759 g/mol. The summed E-state index contributed by atoms with van der Waals surface area (Å²) in [6, 6.07) is 16.5. The molecule has 0 saturated carbocycles. The number of amides is 1. The van der Waals surface area contributed by atoms with Crippen molar-refractivity contribution in [3.63, 3.8) is 0 Å². The number of pyridine rings is 1. The monoisotopic (exact) mass is 758 g/mol. The maximum Gasteiger partial charge on any atom is 0.224 e. The number of benzene rings is 2. The van der Waals surface area contributed by atoms with Crippen molar-refractivity contribution < 1.29 is 28.9 Å². The molecule has 0 atom stereocenters. The molecule has 3 aromatic rings. The Morgan fingerprint density at radius 1 is 1.05 bits per heavy atom. The van der Waals surface area contributed by atoms with E-state index >= 15 is 0 Å². The molecule has 0 unspecified atom stereocenters. The summed E-state index contributed by atoms with van der Waals surface area (Å²) in [5.41, 5.74) is 5.05. The molecule has 1 spiro atoms. The van der Waals surface area contributed by atoms with Gasteiger partial charge in [0.25, 0.3) is 0 Å². The first-order valence-corrected chi connectivity index (χ1v) is 20.1. The van der Waals surface area contributed by atoms with E-state index in [0.29, 0.717) is 63.4 Å². The number of ether oxygens (including phenoxy) is 3. The number of aromatic nitrogens is 1. The Bertz CT molecular complexity index is 1650. The molecule has 2 saturated heterocycles. The zero-order chi connectivity index (χ0) is 38.9. The highest BCUT2D eigenvalue weighted by Crippen LogP contribution is 2.37. The van der Waals surface area contributed by atoms with E-state index in [4.69, 9.17) is 14.2 Å². The lowest BCUT2D eigenvalue weighted by Crippen LogP contribution is -2.57. The molecular weight excluding hydrogens is 697 g/mol. The summed E-state index contributed by atoms with van der Waals surface area (Å²) >= 11 is 0. The number of nitrogens with one attached hydrogen (secondary N) is 2. The van der Waals surface area contributed by atoms with Gasteiger partial charge in [-0.3, -0.25) is 14.5 Å². The molecule has 0 bridgehead atoms. The predicted octanol–water partition coefficient (Wildman–Crippen LogP) is 5.00. The third-order valence-electron chi connectivity index (χ3n) is 10.7. The fraction of sp³-hybridized carbons (Fsp3) is 0.558. The second-order valence-electron chi connectivity index (χ2n) is 14.8. The molecule has 3 heterocycles. The molecule has 55 heavy (non-hydrogen) atoms. The van der Waals surface area contributed by atoms with Gasteiger partial charge >= 0.3 is 0 Å². The lowest BCUT2D eigenvalue weighted by molar-refractivity contribution is -0.132. The number of morpholine rings is 1.